The lowest BCUT2D eigenvalue weighted by atomic mass is 10.1. The van der Waals surface area contributed by atoms with Crippen LogP contribution in [0.3, 0.4) is 0 Å². The third-order valence-corrected chi connectivity index (χ3v) is 4.01. The molecule has 2 rings (SSSR count). The van der Waals surface area contributed by atoms with Gasteiger partial charge >= 0.3 is 0 Å². The van der Waals surface area contributed by atoms with Crippen LogP contribution < -0.4 is 20.1 Å². The molecule has 0 aromatic heterocycles. The first kappa shape index (κ1) is 19.6. The fourth-order valence-corrected chi connectivity index (χ4v) is 2.63. The maximum atomic E-state index is 12.2. The van der Waals surface area contributed by atoms with E-state index >= 15 is 0 Å². The standard InChI is InChI=1S/C19H21ClN2O4/c1-12(16-10-15(25-2)7-8-17(16)26-3)22-18(23)11-21-19(24)13-5-4-6-14(20)9-13/h4-10,12H,11H2,1-3H3,(H,21,24)(H,22,23)/t12-/m1/s1. The summed E-state index contributed by atoms with van der Waals surface area (Å²) in [6.45, 7) is 1.68. The molecule has 6 nitrogen and oxygen atoms in total. The van der Waals surface area contributed by atoms with Gasteiger partial charge in [0.25, 0.3) is 5.91 Å². The molecule has 2 amide bonds. The number of hydrogen-bond donors (Lipinski definition) is 2. The van der Waals surface area contributed by atoms with Crippen LogP contribution in [0, 0.1) is 0 Å². The Morgan fingerprint density at radius 2 is 1.88 bits per heavy atom. The van der Waals surface area contributed by atoms with E-state index in [2.05, 4.69) is 10.6 Å². The van der Waals surface area contributed by atoms with E-state index in [1.807, 2.05) is 6.92 Å². The number of carbonyl (C=O) groups excluding carboxylic acids is 2. The molecule has 0 unspecified atom stereocenters. The first-order valence-electron chi connectivity index (χ1n) is 7.99. The molecule has 0 spiro atoms. The largest absolute Gasteiger partial charge is 0.497 e. The third-order valence-electron chi connectivity index (χ3n) is 3.78. The molecule has 0 bridgehead atoms. The number of halogens is 1. The number of hydrogen-bond acceptors (Lipinski definition) is 4. The summed E-state index contributed by atoms with van der Waals surface area (Å²) in [5, 5.41) is 5.85. The second kappa shape index (κ2) is 9.10. The smallest absolute Gasteiger partial charge is 0.251 e. The SMILES string of the molecule is COc1ccc(OC)c([C@@H](C)NC(=O)CNC(=O)c2cccc(Cl)c2)c1. The van der Waals surface area contributed by atoms with Crippen LogP contribution in [0.1, 0.15) is 28.9 Å². The molecule has 2 N–H and O–H groups in total. The van der Waals surface area contributed by atoms with Crippen LogP contribution in [0.15, 0.2) is 42.5 Å². The first-order valence-corrected chi connectivity index (χ1v) is 8.37. The highest BCUT2D eigenvalue weighted by atomic mass is 35.5. The van der Waals surface area contributed by atoms with Gasteiger partial charge in [-0.25, -0.2) is 0 Å². The van der Waals surface area contributed by atoms with E-state index in [0.29, 0.717) is 22.1 Å². The molecule has 2 aromatic rings. The Bertz CT molecular complexity index is 795. The van der Waals surface area contributed by atoms with E-state index < -0.39 is 0 Å². The molecule has 0 radical (unpaired) electrons. The van der Waals surface area contributed by atoms with Crippen LogP contribution in [0.5, 0.6) is 11.5 Å². The predicted molar refractivity (Wildman–Crippen MR) is 99.9 cm³/mol. The second-order valence-electron chi connectivity index (χ2n) is 5.59. The van der Waals surface area contributed by atoms with Crippen molar-refractivity contribution in [1.82, 2.24) is 10.6 Å². The van der Waals surface area contributed by atoms with Gasteiger partial charge in [-0.1, -0.05) is 17.7 Å². The maximum Gasteiger partial charge on any atom is 0.251 e. The Morgan fingerprint density at radius 1 is 1.12 bits per heavy atom. The minimum Gasteiger partial charge on any atom is -0.497 e. The Hall–Kier alpha value is -2.73. The third kappa shape index (κ3) is 5.13. The summed E-state index contributed by atoms with van der Waals surface area (Å²) in [4.78, 5) is 24.2. The summed E-state index contributed by atoms with van der Waals surface area (Å²) in [7, 11) is 3.13. The van der Waals surface area contributed by atoms with Crippen molar-refractivity contribution in [2.24, 2.45) is 0 Å². The van der Waals surface area contributed by atoms with Crippen molar-refractivity contribution < 1.29 is 19.1 Å². The molecule has 0 saturated carbocycles. The fourth-order valence-electron chi connectivity index (χ4n) is 2.44. The summed E-state index contributed by atoms with van der Waals surface area (Å²) in [5.74, 6) is 0.615. The second-order valence-corrected chi connectivity index (χ2v) is 6.03. The average molecular weight is 377 g/mol. The van der Waals surface area contributed by atoms with Gasteiger partial charge < -0.3 is 20.1 Å². The molecular formula is C19H21ClN2O4. The molecule has 0 aliphatic heterocycles. The van der Waals surface area contributed by atoms with Crippen molar-refractivity contribution in [2.75, 3.05) is 20.8 Å². The van der Waals surface area contributed by atoms with Gasteiger partial charge in [-0.05, 0) is 43.3 Å². The molecule has 138 valence electrons. The zero-order valence-corrected chi connectivity index (χ0v) is 15.6. The molecule has 0 aliphatic carbocycles. The van der Waals surface area contributed by atoms with Crippen LogP contribution in [0.2, 0.25) is 5.02 Å². The number of rotatable bonds is 7. The summed E-state index contributed by atoms with van der Waals surface area (Å²) in [6, 6.07) is 11.5. The van der Waals surface area contributed by atoms with Crippen LogP contribution >= 0.6 is 11.6 Å². The molecular weight excluding hydrogens is 356 g/mol. The summed E-state index contributed by atoms with van der Waals surface area (Å²) >= 11 is 5.86. The van der Waals surface area contributed by atoms with Gasteiger partial charge in [-0.2, -0.15) is 0 Å². The topological polar surface area (TPSA) is 76.7 Å². The number of methoxy groups -OCH3 is 2. The van der Waals surface area contributed by atoms with Crippen LogP contribution in [-0.2, 0) is 4.79 Å². The monoisotopic (exact) mass is 376 g/mol. The number of nitrogens with one attached hydrogen (secondary N) is 2. The van der Waals surface area contributed by atoms with Gasteiger partial charge in [0.15, 0.2) is 0 Å². The van der Waals surface area contributed by atoms with E-state index in [1.165, 1.54) is 0 Å². The summed E-state index contributed by atoms with van der Waals surface area (Å²) in [5.41, 5.74) is 1.18. The van der Waals surface area contributed by atoms with Crippen LogP contribution in [-0.4, -0.2) is 32.6 Å². The quantitative estimate of drug-likeness (QED) is 0.778. The van der Waals surface area contributed by atoms with E-state index in [-0.39, 0.29) is 24.4 Å². The van der Waals surface area contributed by atoms with Crippen LogP contribution in [0.25, 0.3) is 0 Å². The highest BCUT2D eigenvalue weighted by Crippen LogP contribution is 2.29. The molecule has 2 aromatic carbocycles. The van der Waals surface area contributed by atoms with Crippen molar-refractivity contribution in [2.45, 2.75) is 13.0 Å². The van der Waals surface area contributed by atoms with E-state index in [0.717, 1.165) is 5.56 Å². The molecule has 1 atom stereocenters. The van der Waals surface area contributed by atoms with Crippen molar-refractivity contribution in [1.29, 1.82) is 0 Å². The lowest BCUT2D eigenvalue weighted by molar-refractivity contribution is -0.120. The van der Waals surface area contributed by atoms with Gasteiger partial charge in [-0.15, -0.1) is 0 Å². The number of amides is 2. The maximum absolute atomic E-state index is 12.2. The Labute approximate surface area is 157 Å². The van der Waals surface area contributed by atoms with E-state index in [9.17, 15) is 9.59 Å². The van der Waals surface area contributed by atoms with E-state index in [4.69, 9.17) is 21.1 Å². The Balaban J connectivity index is 1.96. The minimum atomic E-state index is -0.366. The van der Waals surface area contributed by atoms with Crippen molar-refractivity contribution in [3.05, 3.63) is 58.6 Å². The normalized spacial score (nSPS) is 11.4. The Morgan fingerprint density at radius 3 is 2.54 bits per heavy atom. The van der Waals surface area contributed by atoms with Crippen LogP contribution in [0.4, 0.5) is 0 Å². The first-order chi connectivity index (χ1) is 12.4. The summed E-state index contributed by atoms with van der Waals surface area (Å²) < 4.78 is 10.5. The van der Waals surface area contributed by atoms with Crippen molar-refractivity contribution in [3.63, 3.8) is 0 Å². The average Bonchev–Trinajstić information content (AvgIpc) is 2.65. The summed E-state index contributed by atoms with van der Waals surface area (Å²) in [6.07, 6.45) is 0. The van der Waals surface area contributed by atoms with Gasteiger partial charge in [-0.3, -0.25) is 9.59 Å². The van der Waals surface area contributed by atoms with Gasteiger partial charge in [0.05, 0.1) is 26.8 Å². The van der Waals surface area contributed by atoms with Gasteiger partial charge in [0, 0.05) is 16.1 Å². The van der Waals surface area contributed by atoms with Crippen molar-refractivity contribution in [3.8, 4) is 11.5 Å². The van der Waals surface area contributed by atoms with E-state index in [1.54, 1.807) is 56.7 Å². The lowest BCUT2D eigenvalue weighted by Gasteiger charge is -2.18. The minimum absolute atomic E-state index is 0.151. The number of benzene rings is 2. The molecule has 0 aliphatic rings. The molecule has 26 heavy (non-hydrogen) atoms. The highest BCUT2D eigenvalue weighted by molar-refractivity contribution is 6.30. The molecule has 0 saturated heterocycles. The fraction of sp³-hybridized carbons (Fsp3) is 0.263. The molecule has 7 heteroatoms. The molecule has 0 fully saturated rings. The zero-order valence-electron chi connectivity index (χ0n) is 14.8. The number of ether oxygens (including phenoxy) is 2. The zero-order chi connectivity index (χ0) is 19.1. The number of carbonyl (C=O) groups is 2. The lowest BCUT2D eigenvalue weighted by Crippen LogP contribution is -2.38. The Kier molecular flexibility index (Phi) is 6.86. The highest BCUT2D eigenvalue weighted by Gasteiger charge is 2.16. The predicted octanol–water partition coefficient (Wildman–Crippen LogP) is 2.96. The van der Waals surface area contributed by atoms with Gasteiger partial charge in [0.2, 0.25) is 5.91 Å². The van der Waals surface area contributed by atoms with Crippen molar-refractivity contribution >= 4 is 23.4 Å². The van der Waals surface area contributed by atoms with Gasteiger partial charge in [0.1, 0.15) is 11.5 Å². The molecule has 0 heterocycles.